The third-order valence-electron chi connectivity index (χ3n) is 4.14. The van der Waals surface area contributed by atoms with Gasteiger partial charge in [-0.05, 0) is 11.6 Å². The van der Waals surface area contributed by atoms with Gasteiger partial charge in [0, 0.05) is 17.3 Å². The topological polar surface area (TPSA) is 101 Å². The van der Waals surface area contributed by atoms with Crippen LogP contribution in [0.4, 0.5) is 10.5 Å². The van der Waals surface area contributed by atoms with Crippen LogP contribution in [0.5, 0.6) is 0 Å². The van der Waals surface area contributed by atoms with E-state index in [2.05, 4.69) is 17.2 Å². The van der Waals surface area contributed by atoms with E-state index in [4.69, 9.17) is 11.6 Å². The van der Waals surface area contributed by atoms with Crippen molar-refractivity contribution in [1.82, 2.24) is 10.6 Å². The van der Waals surface area contributed by atoms with Gasteiger partial charge in [0.05, 0.1) is 16.9 Å². The van der Waals surface area contributed by atoms with Crippen molar-refractivity contribution >= 4 is 29.1 Å². The van der Waals surface area contributed by atoms with Crippen LogP contribution in [0, 0.1) is 16.0 Å². The highest BCUT2D eigenvalue weighted by Crippen LogP contribution is 2.35. The maximum atomic E-state index is 13.0. The molecular formula is C18H14ClN3O4. The van der Waals surface area contributed by atoms with Gasteiger partial charge in [-0.3, -0.25) is 14.9 Å². The zero-order valence-electron chi connectivity index (χ0n) is 13.4. The number of rotatable bonds is 4. The van der Waals surface area contributed by atoms with E-state index in [0.717, 1.165) is 0 Å². The lowest BCUT2D eigenvalue weighted by Gasteiger charge is -2.33. The van der Waals surface area contributed by atoms with E-state index >= 15 is 0 Å². The molecule has 2 aromatic rings. The van der Waals surface area contributed by atoms with Gasteiger partial charge in [0.25, 0.3) is 5.69 Å². The number of carbonyl (C=O) groups is 2. The molecule has 1 aliphatic heterocycles. The number of halogens is 1. The minimum absolute atomic E-state index is 0.0243. The average Bonchev–Trinajstić information content (AvgIpc) is 2.61. The zero-order chi connectivity index (χ0) is 18.8. The molecule has 2 aromatic carbocycles. The van der Waals surface area contributed by atoms with Gasteiger partial charge in [-0.25, -0.2) is 4.79 Å². The normalized spacial score (nSPS) is 19.4. The van der Waals surface area contributed by atoms with E-state index in [1.54, 1.807) is 36.4 Å². The van der Waals surface area contributed by atoms with Crippen LogP contribution >= 0.6 is 11.6 Å². The van der Waals surface area contributed by atoms with Gasteiger partial charge in [0.15, 0.2) is 5.78 Å². The molecular weight excluding hydrogens is 358 g/mol. The second-order valence-electron chi connectivity index (χ2n) is 5.78. The van der Waals surface area contributed by atoms with Crippen molar-refractivity contribution in [3.05, 3.63) is 87.1 Å². The van der Waals surface area contributed by atoms with Gasteiger partial charge in [-0.2, -0.15) is 0 Å². The van der Waals surface area contributed by atoms with Crippen LogP contribution in [-0.4, -0.2) is 16.7 Å². The number of nitro groups is 1. The number of amides is 2. The Morgan fingerprint density at radius 3 is 2.54 bits per heavy atom. The first-order valence-corrected chi connectivity index (χ1v) is 8.05. The number of nitro benzene ring substituents is 1. The average molecular weight is 372 g/mol. The van der Waals surface area contributed by atoms with Crippen LogP contribution < -0.4 is 10.6 Å². The summed E-state index contributed by atoms with van der Waals surface area (Å²) in [4.78, 5) is 35.4. The summed E-state index contributed by atoms with van der Waals surface area (Å²) in [6.07, 6.45) is 0. The highest BCUT2D eigenvalue weighted by Gasteiger charge is 2.38. The summed E-state index contributed by atoms with van der Waals surface area (Å²) in [5, 5.41) is 16.3. The van der Waals surface area contributed by atoms with Crippen molar-refractivity contribution in [1.29, 1.82) is 0 Å². The van der Waals surface area contributed by atoms with Crippen molar-refractivity contribution in [3.63, 3.8) is 0 Å². The zero-order valence-corrected chi connectivity index (χ0v) is 14.2. The molecule has 0 radical (unpaired) electrons. The van der Waals surface area contributed by atoms with Gasteiger partial charge >= 0.3 is 6.03 Å². The second kappa shape index (κ2) is 6.97. The fourth-order valence-electron chi connectivity index (χ4n) is 2.92. The molecule has 8 heteroatoms. The van der Waals surface area contributed by atoms with E-state index in [1.807, 2.05) is 0 Å². The Hall–Kier alpha value is -3.19. The second-order valence-corrected chi connectivity index (χ2v) is 6.18. The molecule has 0 aliphatic carbocycles. The Labute approximate surface area is 153 Å². The van der Waals surface area contributed by atoms with Crippen LogP contribution in [0.25, 0.3) is 0 Å². The molecule has 132 valence electrons. The maximum Gasteiger partial charge on any atom is 0.319 e. The fraction of sp³-hybridized carbons (Fsp3) is 0.111. The number of hydrogen-bond acceptors (Lipinski definition) is 4. The Morgan fingerprint density at radius 1 is 1.19 bits per heavy atom. The summed E-state index contributed by atoms with van der Waals surface area (Å²) >= 11 is 5.86. The largest absolute Gasteiger partial charge is 0.330 e. The summed E-state index contributed by atoms with van der Waals surface area (Å²) in [5.74, 6) is -1.08. The lowest BCUT2D eigenvalue weighted by molar-refractivity contribution is -0.384. The summed E-state index contributed by atoms with van der Waals surface area (Å²) in [7, 11) is 0. The Balaban J connectivity index is 2.05. The number of ketones is 1. The Kier molecular flexibility index (Phi) is 4.73. The van der Waals surface area contributed by atoms with Crippen molar-refractivity contribution in [2.45, 2.75) is 6.04 Å². The molecule has 1 fully saturated rings. The van der Waals surface area contributed by atoms with Crippen molar-refractivity contribution < 1.29 is 14.5 Å². The van der Waals surface area contributed by atoms with Crippen molar-refractivity contribution in [2.75, 3.05) is 0 Å². The fourth-order valence-corrected chi connectivity index (χ4v) is 3.10. The number of urea groups is 1. The minimum Gasteiger partial charge on any atom is -0.330 e. The Morgan fingerprint density at radius 2 is 1.88 bits per heavy atom. The van der Waals surface area contributed by atoms with Gasteiger partial charge in [0.2, 0.25) is 0 Å². The van der Waals surface area contributed by atoms with Crippen molar-refractivity contribution in [3.8, 4) is 0 Å². The third kappa shape index (κ3) is 3.29. The molecule has 0 aromatic heterocycles. The van der Waals surface area contributed by atoms with Gasteiger partial charge in [0.1, 0.15) is 5.02 Å². The summed E-state index contributed by atoms with van der Waals surface area (Å²) in [5.41, 5.74) is 0.773. The molecule has 0 saturated carbocycles. The predicted molar refractivity (Wildman–Crippen MR) is 95.9 cm³/mol. The van der Waals surface area contributed by atoms with E-state index in [9.17, 15) is 19.7 Å². The molecule has 2 amide bonds. The van der Waals surface area contributed by atoms with Gasteiger partial charge in [-0.1, -0.05) is 54.6 Å². The molecule has 0 unspecified atom stereocenters. The van der Waals surface area contributed by atoms with Crippen LogP contribution in [0.15, 0.2) is 60.8 Å². The first kappa shape index (κ1) is 17.6. The smallest absolute Gasteiger partial charge is 0.319 e. The Bertz CT molecular complexity index is 914. The molecule has 3 rings (SSSR count). The number of hydrogen-bond donors (Lipinski definition) is 2. The number of benzene rings is 2. The molecule has 7 nitrogen and oxygen atoms in total. The van der Waals surface area contributed by atoms with Gasteiger partial charge in [-0.15, -0.1) is 0 Å². The van der Waals surface area contributed by atoms with Crippen LogP contribution in [-0.2, 0) is 0 Å². The quantitative estimate of drug-likeness (QED) is 0.487. The molecule has 2 N–H and O–H groups in total. The number of carbonyl (C=O) groups excluding carboxylic acids is 2. The highest BCUT2D eigenvalue weighted by atomic mass is 35.5. The number of nitrogens with zero attached hydrogens (tertiary/aromatic N) is 1. The maximum absolute atomic E-state index is 13.0. The first-order chi connectivity index (χ1) is 12.4. The first-order valence-electron chi connectivity index (χ1n) is 7.68. The molecule has 0 spiro atoms. The SMILES string of the molecule is C=C1NC(=O)N[C@H](c2ccc(Cl)c([N+](=O)[O-])c2)[C@@H]1C(=O)c1ccccc1. The molecule has 1 heterocycles. The molecule has 1 aliphatic rings. The van der Waals surface area contributed by atoms with Gasteiger partial charge < -0.3 is 10.6 Å². The standard InChI is InChI=1S/C18H14ClN3O4/c1-10-15(17(23)11-5-3-2-4-6-11)16(21-18(24)20-10)12-7-8-13(19)14(9-12)22(25)26/h2-9,15-16H,1H2,(H2,20,21,24)/t15-,16-/m1/s1. The summed E-state index contributed by atoms with van der Waals surface area (Å²) in [6, 6.07) is 11.4. The number of Topliss-reactive ketones (excluding diaryl/α,β-unsaturated/α-hetero) is 1. The predicted octanol–water partition coefficient (Wildman–Crippen LogP) is 3.61. The number of nitrogens with one attached hydrogen (secondary N) is 2. The van der Waals surface area contributed by atoms with E-state index < -0.39 is 22.9 Å². The minimum atomic E-state index is -0.823. The molecule has 1 saturated heterocycles. The molecule has 0 bridgehead atoms. The monoisotopic (exact) mass is 371 g/mol. The van der Waals surface area contributed by atoms with Crippen LogP contribution in [0.3, 0.4) is 0 Å². The summed E-state index contributed by atoms with van der Waals surface area (Å²) in [6.45, 7) is 3.79. The molecule has 26 heavy (non-hydrogen) atoms. The lowest BCUT2D eigenvalue weighted by Crippen LogP contribution is -2.50. The molecule has 2 atom stereocenters. The highest BCUT2D eigenvalue weighted by molar-refractivity contribution is 6.32. The van der Waals surface area contributed by atoms with E-state index in [-0.39, 0.29) is 22.2 Å². The van der Waals surface area contributed by atoms with E-state index in [1.165, 1.54) is 12.1 Å². The summed E-state index contributed by atoms with van der Waals surface area (Å²) < 4.78 is 0. The van der Waals surface area contributed by atoms with Crippen LogP contribution in [0.2, 0.25) is 5.02 Å². The van der Waals surface area contributed by atoms with Crippen molar-refractivity contribution in [2.24, 2.45) is 5.92 Å². The van der Waals surface area contributed by atoms with Crippen LogP contribution in [0.1, 0.15) is 22.0 Å². The van der Waals surface area contributed by atoms with E-state index in [0.29, 0.717) is 11.1 Å². The lowest BCUT2D eigenvalue weighted by atomic mass is 9.83. The third-order valence-corrected chi connectivity index (χ3v) is 4.46.